The van der Waals surface area contributed by atoms with Gasteiger partial charge in [-0.25, -0.2) is 9.97 Å². The lowest BCUT2D eigenvalue weighted by Gasteiger charge is -2.35. The Hall–Kier alpha value is -2.52. The first kappa shape index (κ1) is 25.1. The number of nitrogens with zero attached hydrogens (tertiary/aromatic N) is 4. The normalized spacial score (nSPS) is 21.8. The number of aromatic nitrogens is 2. The van der Waals surface area contributed by atoms with E-state index < -0.39 is 0 Å². The number of nitrogens with one attached hydrogen (secondary N) is 2. The number of carbonyl (C=O) groups is 2. The van der Waals surface area contributed by atoms with Crippen LogP contribution in [0.5, 0.6) is 0 Å². The van der Waals surface area contributed by atoms with Crippen molar-refractivity contribution in [3.8, 4) is 0 Å². The van der Waals surface area contributed by atoms with Gasteiger partial charge in [0, 0.05) is 37.8 Å². The molecule has 2 N–H and O–H groups in total. The zero-order valence-corrected chi connectivity index (χ0v) is 22.1. The molecule has 2 amide bonds. The lowest BCUT2D eigenvalue weighted by atomic mass is 9.92. The Morgan fingerprint density at radius 2 is 1.83 bits per heavy atom. The molecular formula is C27H38N6O2S. The molecule has 8 nitrogen and oxygen atoms in total. The highest BCUT2D eigenvalue weighted by Crippen LogP contribution is 2.30. The van der Waals surface area contributed by atoms with Crippen molar-refractivity contribution in [2.45, 2.75) is 82.2 Å². The van der Waals surface area contributed by atoms with Crippen molar-refractivity contribution < 1.29 is 9.59 Å². The van der Waals surface area contributed by atoms with Gasteiger partial charge in [-0.2, -0.15) is 0 Å². The number of likely N-dealkylation sites (tertiary alicyclic amines) is 1. The first-order valence-electron chi connectivity index (χ1n) is 13.6. The Kier molecular flexibility index (Phi) is 8.16. The second-order valence-corrected chi connectivity index (χ2v) is 11.4. The molecule has 4 heterocycles. The van der Waals surface area contributed by atoms with Gasteiger partial charge < -0.3 is 20.4 Å². The molecular weight excluding hydrogens is 472 g/mol. The lowest BCUT2D eigenvalue weighted by molar-refractivity contribution is -0.135. The van der Waals surface area contributed by atoms with Crippen LogP contribution in [0, 0.1) is 0 Å². The van der Waals surface area contributed by atoms with E-state index >= 15 is 0 Å². The van der Waals surface area contributed by atoms with Gasteiger partial charge in [0.05, 0.1) is 12.2 Å². The number of carbonyl (C=O) groups excluding carboxylic acids is 2. The van der Waals surface area contributed by atoms with E-state index in [1.807, 2.05) is 29.0 Å². The van der Waals surface area contributed by atoms with Crippen LogP contribution in [0.15, 0.2) is 24.4 Å². The predicted octanol–water partition coefficient (Wildman–Crippen LogP) is 4.53. The summed E-state index contributed by atoms with van der Waals surface area (Å²) >= 11 is 1.38. The number of rotatable bonds is 6. The summed E-state index contributed by atoms with van der Waals surface area (Å²) in [6, 6.07) is 6.37. The van der Waals surface area contributed by atoms with E-state index in [9.17, 15) is 9.59 Å². The van der Waals surface area contributed by atoms with E-state index in [1.165, 1.54) is 30.6 Å². The fourth-order valence-electron chi connectivity index (χ4n) is 5.78. The molecule has 3 aliphatic rings. The van der Waals surface area contributed by atoms with Crippen LogP contribution in [0.25, 0.3) is 0 Å². The monoisotopic (exact) mass is 510 g/mol. The summed E-state index contributed by atoms with van der Waals surface area (Å²) < 4.78 is 0. The predicted molar refractivity (Wildman–Crippen MR) is 143 cm³/mol. The van der Waals surface area contributed by atoms with Crippen molar-refractivity contribution >= 4 is 34.1 Å². The van der Waals surface area contributed by atoms with Crippen LogP contribution in [-0.4, -0.2) is 70.3 Å². The molecule has 1 aliphatic carbocycles. The zero-order valence-electron chi connectivity index (χ0n) is 21.2. The minimum atomic E-state index is -0.00141. The van der Waals surface area contributed by atoms with Gasteiger partial charge in [0.25, 0.3) is 5.91 Å². The minimum Gasteiger partial charge on any atom is -0.341 e. The lowest BCUT2D eigenvalue weighted by Crippen LogP contribution is -2.50. The Balaban J connectivity index is 1.16. The standard InChI is InChI=1S/C27H38N6O2S/c1-32(20-8-3-2-4-9-20)26(35)23-18-29-27(36-23)31-24-12-7-11-21(30-24)19-13-16-33(17-14-19)25(34)22-10-5-6-15-28-22/h7,11-12,18-20,22,28H,2-6,8-10,13-17H2,1H3,(H,29,30,31)/t22-/m0/s1. The molecule has 0 radical (unpaired) electrons. The SMILES string of the molecule is CN(C(=O)c1cnc(Nc2cccc(C3CCN(C(=O)[C@@H]4CCCCN4)CC3)n2)s1)C1CCCCC1. The Labute approximate surface area is 217 Å². The van der Waals surface area contributed by atoms with Crippen molar-refractivity contribution in [2.24, 2.45) is 0 Å². The van der Waals surface area contributed by atoms with E-state index in [2.05, 4.69) is 21.7 Å². The second-order valence-electron chi connectivity index (χ2n) is 10.4. The maximum atomic E-state index is 13.0. The van der Waals surface area contributed by atoms with Gasteiger partial charge in [-0.1, -0.05) is 43.1 Å². The van der Waals surface area contributed by atoms with Gasteiger partial charge in [0.15, 0.2) is 5.13 Å². The van der Waals surface area contributed by atoms with Crippen LogP contribution in [0.3, 0.4) is 0 Å². The highest BCUT2D eigenvalue weighted by atomic mass is 32.1. The number of pyridine rings is 1. The van der Waals surface area contributed by atoms with Crippen molar-refractivity contribution in [3.63, 3.8) is 0 Å². The van der Waals surface area contributed by atoms with Gasteiger partial charge >= 0.3 is 0 Å². The molecule has 2 aromatic heterocycles. The zero-order chi connectivity index (χ0) is 24.9. The summed E-state index contributed by atoms with van der Waals surface area (Å²) in [7, 11) is 1.92. The molecule has 1 atom stereocenters. The average molecular weight is 511 g/mol. The van der Waals surface area contributed by atoms with Crippen molar-refractivity contribution in [3.05, 3.63) is 35.0 Å². The Bertz CT molecular complexity index is 1040. The van der Waals surface area contributed by atoms with Crippen LogP contribution < -0.4 is 10.6 Å². The van der Waals surface area contributed by atoms with Crippen molar-refractivity contribution in [1.82, 2.24) is 25.1 Å². The second kappa shape index (κ2) is 11.7. The number of hydrogen-bond acceptors (Lipinski definition) is 7. The van der Waals surface area contributed by atoms with Crippen LogP contribution >= 0.6 is 11.3 Å². The van der Waals surface area contributed by atoms with Crippen LogP contribution in [-0.2, 0) is 4.79 Å². The minimum absolute atomic E-state index is 0.00141. The summed E-state index contributed by atoms with van der Waals surface area (Å²) in [5.41, 5.74) is 1.05. The topological polar surface area (TPSA) is 90.5 Å². The van der Waals surface area contributed by atoms with Crippen LogP contribution in [0.2, 0.25) is 0 Å². The summed E-state index contributed by atoms with van der Waals surface area (Å²) in [4.78, 5) is 39.7. The molecule has 0 unspecified atom stereocenters. The van der Waals surface area contributed by atoms with E-state index in [0.29, 0.717) is 22.0 Å². The van der Waals surface area contributed by atoms with Crippen LogP contribution in [0.1, 0.15) is 85.5 Å². The molecule has 2 aliphatic heterocycles. The number of piperidine rings is 2. The molecule has 9 heteroatoms. The summed E-state index contributed by atoms with van der Waals surface area (Å²) in [5.74, 6) is 1.40. The third-order valence-corrected chi connectivity index (χ3v) is 8.90. The fraction of sp³-hybridized carbons (Fsp3) is 0.630. The van der Waals surface area contributed by atoms with Gasteiger partial charge in [0.2, 0.25) is 5.91 Å². The molecule has 36 heavy (non-hydrogen) atoms. The van der Waals surface area contributed by atoms with E-state index in [4.69, 9.17) is 4.98 Å². The molecule has 0 spiro atoms. The number of amides is 2. The molecule has 3 fully saturated rings. The Morgan fingerprint density at radius 3 is 2.58 bits per heavy atom. The first-order valence-corrected chi connectivity index (χ1v) is 14.4. The van der Waals surface area contributed by atoms with Crippen molar-refractivity contribution in [1.29, 1.82) is 0 Å². The number of thiazole rings is 1. The van der Waals surface area contributed by atoms with Gasteiger partial charge in [-0.3, -0.25) is 9.59 Å². The van der Waals surface area contributed by atoms with E-state index in [1.54, 1.807) is 6.20 Å². The maximum Gasteiger partial charge on any atom is 0.265 e. The Morgan fingerprint density at radius 1 is 1.06 bits per heavy atom. The molecule has 1 saturated carbocycles. The highest BCUT2D eigenvalue weighted by molar-refractivity contribution is 7.17. The molecule has 0 bridgehead atoms. The molecule has 2 saturated heterocycles. The van der Waals surface area contributed by atoms with Crippen LogP contribution in [0.4, 0.5) is 10.9 Å². The third-order valence-electron chi connectivity index (χ3n) is 8.00. The molecule has 2 aromatic rings. The average Bonchev–Trinajstić information content (AvgIpc) is 3.41. The van der Waals surface area contributed by atoms with Crippen molar-refractivity contribution in [2.75, 3.05) is 32.0 Å². The van der Waals surface area contributed by atoms with Gasteiger partial charge in [-0.05, 0) is 57.2 Å². The number of hydrogen-bond donors (Lipinski definition) is 2. The smallest absolute Gasteiger partial charge is 0.265 e. The largest absolute Gasteiger partial charge is 0.341 e. The highest BCUT2D eigenvalue weighted by Gasteiger charge is 2.30. The maximum absolute atomic E-state index is 13.0. The molecule has 0 aromatic carbocycles. The van der Waals surface area contributed by atoms with Gasteiger partial charge in [-0.15, -0.1) is 0 Å². The van der Waals surface area contributed by atoms with E-state index in [0.717, 1.165) is 76.1 Å². The fourth-order valence-corrected chi connectivity index (χ4v) is 6.58. The summed E-state index contributed by atoms with van der Waals surface area (Å²) in [6.07, 6.45) is 12.6. The summed E-state index contributed by atoms with van der Waals surface area (Å²) in [5, 5.41) is 7.36. The molecule has 194 valence electrons. The van der Waals surface area contributed by atoms with Gasteiger partial charge in [0.1, 0.15) is 10.7 Å². The quantitative estimate of drug-likeness (QED) is 0.593. The molecule has 5 rings (SSSR count). The first-order chi connectivity index (χ1) is 17.6. The van der Waals surface area contributed by atoms with E-state index in [-0.39, 0.29) is 17.9 Å². The summed E-state index contributed by atoms with van der Waals surface area (Å²) in [6.45, 7) is 2.52. The third kappa shape index (κ3) is 5.89. The number of anilines is 2.